The predicted octanol–water partition coefficient (Wildman–Crippen LogP) is 0.517. The number of nitrogens with one attached hydrogen (secondary N) is 1. The first-order chi connectivity index (χ1) is 8.11. The van der Waals surface area contributed by atoms with E-state index in [1.807, 2.05) is 0 Å². The van der Waals surface area contributed by atoms with Gasteiger partial charge in [-0.25, -0.2) is 0 Å². The molecule has 0 atom stereocenters. The van der Waals surface area contributed by atoms with Gasteiger partial charge in [0.15, 0.2) is 0 Å². The Bertz CT molecular complexity index is 545. The van der Waals surface area contributed by atoms with Gasteiger partial charge >= 0.3 is 5.97 Å². The molecular formula is C11H12N2O4. The number of rotatable bonds is 2. The maximum absolute atomic E-state index is 11.4. The number of H-pyrrole nitrogens is 1. The van der Waals surface area contributed by atoms with Crippen LogP contribution in [-0.4, -0.2) is 27.0 Å². The molecule has 0 saturated heterocycles. The van der Waals surface area contributed by atoms with Crippen LogP contribution in [0.2, 0.25) is 0 Å². The molecule has 0 unspecified atom stereocenters. The molecule has 1 aromatic heterocycles. The van der Waals surface area contributed by atoms with Gasteiger partial charge in [-0.3, -0.25) is 9.59 Å². The Morgan fingerprint density at radius 2 is 2.24 bits per heavy atom. The molecule has 0 bridgehead atoms. The summed E-state index contributed by atoms with van der Waals surface area (Å²) in [7, 11) is 0. The Balaban J connectivity index is 2.62. The van der Waals surface area contributed by atoms with Crippen molar-refractivity contribution in [1.82, 2.24) is 4.98 Å². The van der Waals surface area contributed by atoms with Crippen LogP contribution in [0.5, 0.6) is 0 Å². The molecule has 0 spiro atoms. The largest absolute Gasteiger partial charge is 0.481 e. The third kappa shape index (κ3) is 2.20. The summed E-state index contributed by atoms with van der Waals surface area (Å²) < 4.78 is 0. The third-order valence-corrected chi connectivity index (χ3v) is 2.79. The lowest BCUT2D eigenvalue weighted by Crippen LogP contribution is -2.23. The van der Waals surface area contributed by atoms with Gasteiger partial charge in [-0.2, -0.15) is 0 Å². The van der Waals surface area contributed by atoms with E-state index in [1.165, 1.54) is 6.07 Å². The molecule has 90 valence electrons. The Kier molecular flexibility index (Phi) is 2.95. The number of aryl methyl sites for hydroxylation is 1. The smallest absolute Gasteiger partial charge is 0.307 e. The van der Waals surface area contributed by atoms with Crippen molar-refractivity contribution in [2.45, 2.75) is 25.7 Å². The lowest BCUT2D eigenvalue weighted by molar-refractivity contribution is -0.136. The number of hydrogen-bond acceptors (Lipinski definition) is 4. The molecule has 1 aliphatic carbocycles. The van der Waals surface area contributed by atoms with E-state index in [0.29, 0.717) is 35.4 Å². The Morgan fingerprint density at radius 1 is 1.47 bits per heavy atom. The minimum Gasteiger partial charge on any atom is -0.481 e. The summed E-state index contributed by atoms with van der Waals surface area (Å²) in [6, 6.07) is 1.25. The van der Waals surface area contributed by atoms with Gasteiger partial charge in [0.05, 0.1) is 12.1 Å². The van der Waals surface area contributed by atoms with Crippen LogP contribution in [0.1, 0.15) is 29.7 Å². The SMILES string of the molecule is O=C(O)Cc1cc(=O)[nH]c2c1/C(=N\O)CCC2. The average molecular weight is 236 g/mol. The molecule has 6 heteroatoms. The van der Waals surface area contributed by atoms with Crippen molar-refractivity contribution in [3.8, 4) is 0 Å². The molecular weight excluding hydrogens is 224 g/mol. The predicted molar refractivity (Wildman–Crippen MR) is 59.7 cm³/mol. The number of oxime groups is 1. The van der Waals surface area contributed by atoms with Gasteiger partial charge in [0.1, 0.15) is 0 Å². The summed E-state index contributed by atoms with van der Waals surface area (Å²) in [5.74, 6) is -1.01. The fourth-order valence-corrected chi connectivity index (χ4v) is 2.18. The van der Waals surface area contributed by atoms with Gasteiger partial charge in [-0.1, -0.05) is 5.16 Å². The van der Waals surface area contributed by atoms with Gasteiger partial charge in [0.2, 0.25) is 5.56 Å². The van der Waals surface area contributed by atoms with Crippen molar-refractivity contribution in [3.05, 3.63) is 33.2 Å². The molecule has 0 amide bonds. The molecule has 0 aliphatic heterocycles. The first kappa shape index (κ1) is 11.4. The summed E-state index contributed by atoms with van der Waals surface area (Å²) in [5.41, 5.74) is 1.77. The van der Waals surface area contributed by atoms with Crippen LogP contribution in [-0.2, 0) is 17.6 Å². The molecule has 0 radical (unpaired) electrons. The lowest BCUT2D eigenvalue weighted by Gasteiger charge is -2.18. The van der Waals surface area contributed by atoms with Gasteiger partial charge in [0, 0.05) is 17.3 Å². The fourth-order valence-electron chi connectivity index (χ4n) is 2.18. The molecule has 0 fully saturated rings. The average Bonchev–Trinajstić information content (AvgIpc) is 2.26. The lowest BCUT2D eigenvalue weighted by atomic mass is 9.89. The van der Waals surface area contributed by atoms with Crippen LogP contribution >= 0.6 is 0 Å². The summed E-state index contributed by atoms with van der Waals surface area (Å²) in [5, 5.41) is 20.9. The zero-order chi connectivity index (χ0) is 12.4. The molecule has 1 aromatic rings. The topological polar surface area (TPSA) is 103 Å². The minimum absolute atomic E-state index is 0.245. The first-order valence-corrected chi connectivity index (χ1v) is 5.30. The molecule has 0 saturated carbocycles. The number of carbonyl (C=O) groups is 1. The van der Waals surface area contributed by atoms with Crippen LogP contribution < -0.4 is 5.56 Å². The molecule has 3 N–H and O–H groups in total. The zero-order valence-corrected chi connectivity index (χ0v) is 9.06. The Labute approximate surface area is 96.6 Å². The normalized spacial score (nSPS) is 16.8. The molecule has 2 rings (SSSR count). The number of hydrogen-bond donors (Lipinski definition) is 3. The van der Waals surface area contributed by atoms with Crippen LogP contribution in [0.15, 0.2) is 16.0 Å². The highest BCUT2D eigenvalue weighted by Crippen LogP contribution is 2.22. The second-order valence-corrected chi connectivity index (χ2v) is 3.98. The van der Waals surface area contributed by atoms with Gasteiger partial charge in [0.25, 0.3) is 0 Å². The van der Waals surface area contributed by atoms with Crippen molar-refractivity contribution < 1.29 is 15.1 Å². The minimum atomic E-state index is -1.01. The standard InChI is InChI=1S/C11H12N2O4/c14-9-4-6(5-10(15)16)11-7(12-9)2-1-3-8(11)13-17/h4,17H,1-3,5H2,(H,12,14)(H,15,16)/b13-8-. The molecule has 17 heavy (non-hydrogen) atoms. The van der Waals surface area contributed by atoms with Crippen LogP contribution in [0.4, 0.5) is 0 Å². The number of aromatic amines is 1. The van der Waals surface area contributed by atoms with E-state index in [0.717, 1.165) is 6.42 Å². The number of pyridine rings is 1. The van der Waals surface area contributed by atoms with E-state index in [4.69, 9.17) is 10.3 Å². The second-order valence-electron chi connectivity index (χ2n) is 3.98. The number of carboxylic acid groups (broad SMARTS) is 1. The Hall–Kier alpha value is -2.11. The van der Waals surface area contributed by atoms with Gasteiger partial charge in [-0.15, -0.1) is 0 Å². The first-order valence-electron chi connectivity index (χ1n) is 5.30. The number of aliphatic carboxylic acids is 1. The van der Waals surface area contributed by atoms with Crippen molar-refractivity contribution >= 4 is 11.7 Å². The van der Waals surface area contributed by atoms with Crippen LogP contribution in [0.25, 0.3) is 0 Å². The van der Waals surface area contributed by atoms with Gasteiger partial charge in [-0.05, 0) is 24.8 Å². The van der Waals surface area contributed by atoms with Crippen molar-refractivity contribution in [3.63, 3.8) is 0 Å². The highest BCUT2D eigenvalue weighted by Gasteiger charge is 2.22. The highest BCUT2D eigenvalue weighted by molar-refractivity contribution is 6.03. The summed E-state index contributed by atoms with van der Waals surface area (Å²) in [6.45, 7) is 0. The summed E-state index contributed by atoms with van der Waals surface area (Å²) in [6.07, 6.45) is 1.78. The van der Waals surface area contributed by atoms with Gasteiger partial charge < -0.3 is 15.3 Å². The Morgan fingerprint density at radius 3 is 2.88 bits per heavy atom. The van der Waals surface area contributed by atoms with E-state index in [1.54, 1.807) is 0 Å². The number of carboxylic acids is 1. The highest BCUT2D eigenvalue weighted by atomic mass is 16.4. The number of aromatic nitrogens is 1. The van der Waals surface area contributed by atoms with Crippen molar-refractivity contribution in [1.29, 1.82) is 0 Å². The van der Waals surface area contributed by atoms with E-state index in [-0.39, 0.29) is 12.0 Å². The van der Waals surface area contributed by atoms with E-state index < -0.39 is 5.97 Å². The maximum Gasteiger partial charge on any atom is 0.307 e. The molecule has 0 aromatic carbocycles. The molecule has 6 nitrogen and oxygen atoms in total. The van der Waals surface area contributed by atoms with Crippen LogP contribution in [0.3, 0.4) is 0 Å². The van der Waals surface area contributed by atoms with Crippen LogP contribution in [0, 0.1) is 0 Å². The van der Waals surface area contributed by atoms with E-state index >= 15 is 0 Å². The summed E-state index contributed by atoms with van der Waals surface area (Å²) >= 11 is 0. The number of fused-ring (bicyclic) bond motifs is 1. The van der Waals surface area contributed by atoms with E-state index in [9.17, 15) is 9.59 Å². The summed E-state index contributed by atoms with van der Waals surface area (Å²) in [4.78, 5) is 24.8. The second kappa shape index (κ2) is 4.40. The fraction of sp³-hybridized carbons (Fsp3) is 0.364. The van der Waals surface area contributed by atoms with E-state index in [2.05, 4.69) is 10.1 Å². The monoisotopic (exact) mass is 236 g/mol. The van der Waals surface area contributed by atoms with Crippen molar-refractivity contribution in [2.24, 2.45) is 5.16 Å². The molecule has 1 aliphatic rings. The quantitative estimate of drug-likeness (QED) is 0.514. The molecule has 1 heterocycles. The maximum atomic E-state index is 11.4. The van der Waals surface area contributed by atoms with Crippen molar-refractivity contribution in [2.75, 3.05) is 0 Å². The third-order valence-electron chi connectivity index (χ3n) is 2.79. The number of nitrogens with zero attached hydrogens (tertiary/aromatic N) is 1. The zero-order valence-electron chi connectivity index (χ0n) is 9.06.